The van der Waals surface area contributed by atoms with E-state index in [2.05, 4.69) is 39.2 Å². The molecule has 0 aromatic heterocycles. The number of ether oxygens (including phenoxy) is 5. The predicted octanol–water partition coefficient (Wildman–Crippen LogP) is 7.78. The molecule has 2 aliphatic rings. The van der Waals surface area contributed by atoms with Crippen molar-refractivity contribution >= 4 is 20.3 Å². The minimum absolute atomic E-state index is 0.0694. The number of hydrogen-bond acceptors (Lipinski definition) is 8. The summed E-state index contributed by atoms with van der Waals surface area (Å²) in [5, 5.41) is 2.80. The van der Waals surface area contributed by atoms with E-state index in [-0.39, 0.29) is 23.6 Å². The Labute approximate surface area is 337 Å². The molecule has 0 radical (unpaired) electrons. The van der Waals surface area contributed by atoms with Gasteiger partial charge in [0.05, 0.1) is 20.8 Å². The molecule has 4 aromatic rings. The summed E-state index contributed by atoms with van der Waals surface area (Å²) in [7, 11) is 4.09. The Morgan fingerprint density at radius 2 is 1.30 bits per heavy atom. The first kappa shape index (κ1) is 41.6. The molecular weight excluding hydrogens is 739 g/mol. The van der Waals surface area contributed by atoms with E-state index >= 15 is 0 Å². The summed E-state index contributed by atoms with van der Waals surface area (Å²) in [5.41, 5.74) is 2.03. The number of likely N-dealkylation sites (N-methyl/N-ethyl adjacent to an activating group) is 1. The minimum atomic E-state index is -2.45. The van der Waals surface area contributed by atoms with Gasteiger partial charge in [-0.05, 0) is 77.3 Å². The van der Waals surface area contributed by atoms with Crippen LogP contribution in [0.15, 0.2) is 121 Å². The number of amides is 3. The second kappa shape index (κ2) is 17.2. The van der Waals surface area contributed by atoms with Crippen molar-refractivity contribution in [1.82, 2.24) is 15.1 Å². The molecule has 6 rings (SSSR count). The quantitative estimate of drug-likeness (QED) is 0.102. The van der Waals surface area contributed by atoms with Crippen molar-refractivity contribution in [1.29, 1.82) is 0 Å². The maximum absolute atomic E-state index is 14.2. The molecule has 1 N–H and O–H groups in total. The van der Waals surface area contributed by atoms with Gasteiger partial charge in [-0.15, -0.1) is 0 Å². The Bertz CT molecular complexity index is 1940. The molecule has 4 aromatic carbocycles. The first-order valence-electron chi connectivity index (χ1n) is 19.2. The molecule has 11 nitrogen and oxygen atoms in total. The fourth-order valence-corrected chi connectivity index (χ4v) is 8.39. The van der Waals surface area contributed by atoms with Gasteiger partial charge < -0.3 is 38.3 Å². The highest BCUT2D eigenvalue weighted by atomic mass is 28.4. The zero-order chi connectivity index (χ0) is 41.0. The molecule has 1 saturated heterocycles. The van der Waals surface area contributed by atoms with E-state index in [0.29, 0.717) is 17.1 Å². The number of nitrogens with zero attached hydrogens (tertiary/aromatic N) is 2. The first-order chi connectivity index (χ1) is 27.2. The molecule has 57 heavy (non-hydrogen) atoms. The summed E-state index contributed by atoms with van der Waals surface area (Å²) in [4.78, 5) is 30.2. The molecule has 1 fully saturated rings. The zero-order valence-electron chi connectivity index (χ0n) is 34.3. The van der Waals surface area contributed by atoms with Crippen LogP contribution in [-0.4, -0.2) is 95.7 Å². The molecule has 2 heterocycles. The second-order valence-electron chi connectivity index (χ2n) is 15.9. The highest BCUT2D eigenvalue weighted by Crippen LogP contribution is 2.45. The molecule has 0 unspecified atom stereocenters. The van der Waals surface area contributed by atoms with Crippen molar-refractivity contribution < 1.29 is 37.7 Å². The van der Waals surface area contributed by atoms with Crippen LogP contribution in [0.3, 0.4) is 0 Å². The van der Waals surface area contributed by atoms with Crippen molar-refractivity contribution in [2.45, 2.75) is 75.2 Å². The predicted molar refractivity (Wildman–Crippen MR) is 222 cm³/mol. The highest BCUT2D eigenvalue weighted by Gasteiger charge is 2.54. The molecule has 0 saturated carbocycles. The third-order valence-electron chi connectivity index (χ3n) is 11.4. The normalized spacial score (nSPS) is 21.4. The van der Waals surface area contributed by atoms with Crippen molar-refractivity contribution in [2.24, 2.45) is 0 Å². The third-order valence-corrected chi connectivity index (χ3v) is 15.9. The van der Waals surface area contributed by atoms with Crippen LogP contribution in [0.5, 0.6) is 11.5 Å². The fraction of sp³-hybridized carbons (Fsp3) is 0.378. The number of urea groups is 1. The van der Waals surface area contributed by atoms with Crippen LogP contribution >= 0.6 is 0 Å². The topological polar surface area (TPSA) is 108 Å². The molecule has 12 heteroatoms. The largest absolute Gasteiger partial charge is 0.497 e. The highest BCUT2D eigenvalue weighted by molar-refractivity contribution is 6.74. The van der Waals surface area contributed by atoms with Crippen LogP contribution in [0.2, 0.25) is 18.1 Å². The van der Waals surface area contributed by atoms with Crippen LogP contribution in [0.1, 0.15) is 47.8 Å². The van der Waals surface area contributed by atoms with Crippen LogP contribution in [0.4, 0.5) is 4.79 Å². The van der Waals surface area contributed by atoms with E-state index in [1.54, 1.807) is 64.9 Å². The van der Waals surface area contributed by atoms with Gasteiger partial charge >= 0.3 is 6.03 Å². The van der Waals surface area contributed by atoms with Crippen LogP contribution in [0.25, 0.3) is 0 Å². The fourth-order valence-electron chi connectivity index (χ4n) is 7.07. The number of methoxy groups -OCH3 is 3. The molecular formula is C45H55N3O8Si. The van der Waals surface area contributed by atoms with Gasteiger partial charge in [0.25, 0.3) is 5.91 Å². The maximum atomic E-state index is 14.2. The molecule has 0 aliphatic carbocycles. The lowest BCUT2D eigenvalue weighted by Gasteiger charge is -2.41. The van der Waals surface area contributed by atoms with Crippen molar-refractivity contribution in [3.63, 3.8) is 0 Å². The number of carbonyl (C=O) groups is 2. The molecule has 2 aliphatic heterocycles. The SMILES string of the molecule is COc1ccc(C(OC[C@H]2O[C@@H](N3C=C[C@H](NC(=O)c4ccccc4)N(C)C3=O)[C@H](OC)[C@@H]2O[Si](C)(C)C(C)(C)C)(c2ccccc2)c2ccc(OC)cc2)cc1. The van der Waals surface area contributed by atoms with E-state index in [1.165, 1.54) is 9.80 Å². The average Bonchev–Trinajstić information content (AvgIpc) is 3.56. The number of benzene rings is 4. The molecule has 3 amide bonds. The summed E-state index contributed by atoms with van der Waals surface area (Å²) >= 11 is 0. The van der Waals surface area contributed by atoms with E-state index in [1.807, 2.05) is 84.9 Å². The van der Waals surface area contributed by atoms with E-state index in [0.717, 1.165) is 16.7 Å². The number of rotatable bonds is 14. The number of nitrogens with one attached hydrogen (secondary N) is 1. The van der Waals surface area contributed by atoms with E-state index in [9.17, 15) is 9.59 Å². The number of carbonyl (C=O) groups excluding carboxylic acids is 2. The van der Waals surface area contributed by atoms with Crippen molar-refractivity contribution in [3.8, 4) is 11.5 Å². The average molecular weight is 794 g/mol. The van der Waals surface area contributed by atoms with Gasteiger partial charge in [-0.3, -0.25) is 9.69 Å². The lowest BCUT2D eigenvalue weighted by atomic mass is 9.80. The standard InChI is InChI=1S/C45H55N3O8Si/c1-44(2,3)57(8,9)56-39-37(55-42(40(39)53-7)48-29-28-38(47(4)43(48)50)46-41(49)31-16-12-10-13-17-31)30-54-45(32-18-14-11-15-19-32,33-20-24-35(51-5)25-21-33)34-22-26-36(52-6)27-23-34/h10-29,37-40,42H,30H2,1-9H3,(H,46,49)/t37-,38-,39-,40-,42-/m1/s1. The van der Waals surface area contributed by atoms with Gasteiger partial charge in [-0.1, -0.05) is 93.6 Å². The Balaban J connectivity index is 1.39. The van der Waals surface area contributed by atoms with Crippen LogP contribution in [-0.2, 0) is 24.2 Å². The van der Waals surface area contributed by atoms with Crippen LogP contribution < -0.4 is 14.8 Å². The summed E-state index contributed by atoms with van der Waals surface area (Å²) in [6.07, 6.45) is -0.0900. The monoisotopic (exact) mass is 793 g/mol. The smallest absolute Gasteiger partial charge is 0.327 e. The first-order valence-corrected chi connectivity index (χ1v) is 22.1. The Morgan fingerprint density at radius 3 is 1.81 bits per heavy atom. The lowest BCUT2D eigenvalue weighted by molar-refractivity contribution is -0.103. The van der Waals surface area contributed by atoms with Gasteiger partial charge in [0.1, 0.15) is 41.6 Å². The molecule has 0 spiro atoms. The van der Waals surface area contributed by atoms with Crippen molar-refractivity contribution in [3.05, 3.63) is 144 Å². The summed E-state index contributed by atoms with van der Waals surface area (Å²) in [6.45, 7) is 11.0. The minimum Gasteiger partial charge on any atom is -0.497 e. The Hall–Kier alpha value is -4.98. The van der Waals surface area contributed by atoms with Gasteiger partial charge in [-0.2, -0.15) is 0 Å². The van der Waals surface area contributed by atoms with Gasteiger partial charge in [-0.25, -0.2) is 4.79 Å². The lowest BCUT2D eigenvalue weighted by Crippen LogP contribution is -2.58. The second-order valence-corrected chi connectivity index (χ2v) is 20.6. The molecule has 5 atom stereocenters. The van der Waals surface area contributed by atoms with Gasteiger partial charge in [0.2, 0.25) is 0 Å². The zero-order valence-corrected chi connectivity index (χ0v) is 35.3. The van der Waals surface area contributed by atoms with E-state index in [4.69, 9.17) is 28.1 Å². The summed E-state index contributed by atoms with van der Waals surface area (Å²) in [5.74, 6) is 1.14. The van der Waals surface area contributed by atoms with Gasteiger partial charge in [0, 0.05) is 25.9 Å². The molecule has 0 bridgehead atoms. The molecule has 302 valence electrons. The Morgan fingerprint density at radius 1 is 0.772 bits per heavy atom. The van der Waals surface area contributed by atoms with Crippen molar-refractivity contribution in [2.75, 3.05) is 35.0 Å². The third kappa shape index (κ3) is 8.51. The summed E-state index contributed by atoms with van der Waals surface area (Å²) in [6, 6.07) is 34.3. The van der Waals surface area contributed by atoms with E-state index < -0.39 is 44.6 Å². The summed E-state index contributed by atoms with van der Waals surface area (Å²) < 4.78 is 38.7. The number of hydrogen-bond donors (Lipinski definition) is 1. The van der Waals surface area contributed by atoms with Gasteiger partial charge in [0.15, 0.2) is 14.5 Å². The Kier molecular flexibility index (Phi) is 12.6. The maximum Gasteiger partial charge on any atom is 0.327 e. The van der Waals surface area contributed by atoms with Crippen LogP contribution in [0, 0.1) is 0 Å².